The molecule has 2 nitrogen and oxygen atoms in total. The zero-order chi connectivity index (χ0) is 17.7. The summed E-state index contributed by atoms with van der Waals surface area (Å²) in [7, 11) is 0. The van der Waals surface area contributed by atoms with Crippen LogP contribution in [0, 0.1) is 0 Å². The van der Waals surface area contributed by atoms with Gasteiger partial charge in [-0.15, -0.1) is 18.2 Å². The molecule has 0 amide bonds. The maximum atomic E-state index is 12.6. The molecule has 0 saturated carbocycles. The van der Waals surface area contributed by atoms with Gasteiger partial charge >= 0.3 is 6.18 Å². The van der Waals surface area contributed by atoms with Gasteiger partial charge in [-0.1, -0.05) is 24.4 Å². The zero-order valence-electron chi connectivity index (χ0n) is 12.2. The first-order valence-electron chi connectivity index (χ1n) is 6.25. The molecule has 23 heavy (non-hydrogen) atoms. The van der Waals surface area contributed by atoms with Crippen molar-refractivity contribution in [2.45, 2.75) is 18.0 Å². The van der Waals surface area contributed by atoms with Crippen LogP contribution in [0.3, 0.4) is 0 Å². The average Bonchev–Trinajstić information content (AvgIpc) is 2.43. The number of nitrogens with one attached hydrogen (secondary N) is 1. The average molecular weight is 382 g/mol. The Kier molecular flexibility index (Phi) is 6.98. The van der Waals surface area contributed by atoms with Crippen LogP contribution in [0.5, 0.6) is 5.75 Å². The second kappa shape index (κ2) is 8.08. The standard InChI is InChI=1S/C15H15ClF3NOS2/c1-4-14(3,16)9-13(22-5-2)23-20-10-6-7-11(12(21)8-10)15(17,18)19/h4-9,20-21H,1-2H2,3H3/b13-9+. The van der Waals surface area contributed by atoms with Crippen LogP contribution in [0.25, 0.3) is 0 Å². The van der Waals surface area contributed by atoms with Crippen molar-refractivity contribution in [1.82, 2.24) is 0 Å². The molecule has 0 fully saturated rings. The number of alkyl halides is 4. The first-order valence-corrected chi connectivity index (χ1v) is 8.32. The van der Waals surface area contributed by atoms with E-state index in [1.807, 2.05) is 0 Å². The van der Waals surface area contributed by atoms with Gasteiger partial charge in [-0.25, -0.2) is 0 Å². The van der Waals surface area contributed by atoms with Gasteiger partial charge in [0.05, 0.1) is 14.7 Å². The molecule has 8 heteroatoms. The smallest absolute Gasteiger partial charge is 0.419 e. The van der Waals surface area contributed by atoms with Crippen LogP contribution < -0.4 is 4.72 Å². The van der Waals surface area contributed by atoms with E-state index in [0.717, 1.165) is 28.3 Å². The van der Waals surface area contributed by atoms with Crippen molar-refractivity contribution in [3.8, 4) is 5.75 Å². The normalized spacial score (nSPS) is 14.9. The van der Waals surface area contributed by atoms with Crippen molar-refractivity contribution >= 4 is 41.0 Å². The number of rotatable bonds is 7. The second-order valence-electron chi connectivity index (χ2n) is 4.54. The molecule has 2 N–H and O–H groups in total. The summed E-state index contributed by atoms with van der Waals surface area (Å²) in [5, 5.41) is 11.1. The number of aromatic hydroxyl groups is 1. The highest BCUT2D eigenvalue weighted by molar-refractivity contribution is 8.24. The quantitative estimate of drug-likeness (QED) is 0.326. The Morgan fingerprint density at radius 2 is 2.00 bits per heavy atom. The number of hydrogen-bond donors (Lipinski definition) is 2. The van der Waals surface area contributed by atoms with Crippen LogP contribution in [0.15, 0.2) is 53.2 Å². The monoisotopic (exact) mass is 381 g/mol. The third-order valence-electron chi connectivity index (χ3n) is 2.57. The van der Waals surface area contributed by atoms with Gasteiger partial charge in [0.1, 0.15) is 5.75 Å². The third kappa shape index (κ3) is 6.45. The molecule has 1 aromatic carbocycles. The molecule has 1 unspecified atom stereocenters. The summed E-state index contributed by atoms with van der Waals surface area (Å²) in [6.45, 7) is 8.98. The Labute approximate surface area is 146 Å². The molecule has 0 aliphatic heterocycles. The molecule has 0 aromatic heterocycles. The minimum Gasteiger partial charge on any atom is -0.507 e. The van der Waals surface area contributed by atoms with E-state index in [9.17, 15) is 18.3 Å². The highest BCUT2D eigenvalue weighted by atomic mass is 35.5. The summed E-state index contributed by atoms with van der Waals surface area (Å²) in [6.07, 6.45) is -1.30. The Hall–Kier alpha value is -1.18. The zero-order valence-corrected chi connectivity index (χ0v) is 14.5. The topological polar surface area (TPSA) is 32.3 Å². The summed E-state index contributed by atoms with van der Waals surface area (Å²) >= 11 is 8.62. The fourth-order valence-corrected chi connectivity index (χ4v) is 3.29. The van der Waals surface area contributed by atoms with Crippen molar-refractivity contribution in [3.63, 3.8) is 0 Å². The molecule has 0 radical (unpaired) electrons. The number of allylic oxidation sites excluding steroid dienone is 2. The van der Waals surface area contributed by atoms with Gasteiger partial charge < -0.3 is 9.83 Å². The number of phenols is 1. The van der Waals surface area contributed by atoms with Crippen LogP contribution in [0.4, 0.5) is 18.9 Å². The summed E-state index contributed by atoms with van der Waals surface area (Å²) in [5.74, 6) is -0.835. The van der Waals surface area contributed by atoms with E-state index in [-0.39, 0.29) is 0 Å². The molecule has 1 atom stereocenters. The fraction of sp³-hybridized carbons (Fsp3) is 0.200. The molecular weight excluding hydrogens is 367 g/mol. The first kappa shape index (κ1) is 19.9. The Balaban J connectivity index is 2.89. The molecule has 0 aliphatic carbocycles. The predicted molar refractivity (Wildman–Crippen MR) is 94.6 cm³/mol. The molecule has 0 saturated heterocycles. The fourth-order valence-electron chi connectivity index (χ4n) is 1.40. The van der Waals surface area contributed by atoms with Gasteiger partial charge in [0.2, 0.25) is 0 Å². The van der Waals surface area contributed by atoms with Gasteiger partial charge in [-0.2, -0.15) is 13.2 Å². The number of phenolic OH excluding ortho intramolecular Hbond substituents is 1. The lowest BCUT2D eigenvalue weighted by Gasteiger charge is -2.15. The van der Waals surface area contributed by atoms with Crippen molar-refractivity contribution in [1.29, 1.82) is 0 Å². The van der Waals surface area contributed by atoms with Crippen LogP contribution in [0.1, 0.15) is 12.5 Å². The van der Waals surface area contributed by atoms with Gasteiger partial charge in [0.25, 0.3) is 0 Å². The van der Waals surface area contributed by atoms with E-state index in [1.54, 1.807) is 24.5 Å². The minimum atomic E-state index is -4.59. The summed E-state index contributed by atoms with van der Waals surface area (Å²) in [6, 6.07) is 3.07. The van der Waals surface area contributed by atoms with Crippen molar-refractivity contribution in [2.24, 2.45) is 0 Å². The summed E-state index contributed by atoms with van der Waals surface area (Å²) in [5.41, 5.74) is -0.754. The Bertz CT molecular complexity index is 615. The number of thioether (sulfide) groups is 1. The Morgan fingerprint density at radius 3 is 2.48 bits per heavy atom. The third-order valence-corrected chi connectivity index (χ3v) is 4.55. The van der Waals surface area contributed by atoms with Gasteiger partial charge in [-0.3, -0.25) is 0 Å². The highest BCUT2D eigenvalue weighted by Crippen LogP contribution is 2.39. The number of anilines is 1. The molecule has 0 heterocycles. The lowest BCUT2D eigenvalue weighted by molar-refractivity contribution is -0.138. The van der Waals surface area contributed by atoms with Crippen LogP contribution in [-0.2, 0) is 6.18 Å². The van der Waals surface area contributed by atoms with E-state index in [2.05, 4.69) is 17.9 Å². The molecule has 0 aliphatic rings. The van der Waals surface area contributed by atoms with Gasteiger partial charge in [0, 0.05) is 11.8 Å². The van der Waals surface area contributed by atoms with E-state index < -0.39 is 22.4 Å². The highest BCUT2D eigenvalue weighted by Gasteiger charge is 2.33. The Morgan fingerprint density at radius 1 is 1.35 bits per heavy atom. The number of benzene rings is 1. The summed E-state index contributed by atoms with van der Waals surface area (Å²) in [4.78, 5) is -0.762. The molecule has 126 valence electrons. The van der Waals surface area contributed by atoms with Crippen LogP contribution in [0.2, 0.25) is 0 Å². The first-order chi connectivity index (χ1) is 10.6. The molecular formula is C15H15ClF3NOS2. The minimum absolute atomic E-state index is 0.325. The van der Waals surface area contributed by atoms with Crippen LogP contribution >= 0.6 is 35.3 Å². The predicted octanol–water partition coefficient (Wildman–Crippen LogP) is 6.37. The molecule has 0 bridgehead atoms. The van der Waals surface area contributed by atoms with E-state index >= 15 is 0 Å². The lowest BCUT2D eigenvalue weighted by Crippen LogP contribution is -2.07. The maximum absolute atomic E-state index is 12.6. The van der Waals surface area contributed by atoms with E-state index in [4.69, 9.17) is 11.6 Å². The van der Waals surface area contributed by atoms with Gasteiger partial charge in [-0.05, 0) is 42.5 Å². The van der Waals surface area contributed by atoms with E-state index in [0.29, 0.717) is 5.69 Å². The van der Waals surface area contributed by atoms with Crippen molar-refractivity contribution < 1.29 is 18.3 Å². The molecule has 0 spiro atoms. The molecule has 1 aromatic rings. The van der Waals surface area contributed by atoms with E-state index in [1.165, 1.54) is 17.8 Å². The van der Waals surface area contributed by atoms with Crippen molar-refractivity contribution in [2.75, 3.05) is 4.72 Å². The number of halogens is 4. The van der Waals surface area contributed by atoms with Gasteiger partial charge in [0.15, 0.2) is 0 Å². The second-order valence-corrected chi connectivity index (χ2v) is 7.47. The maximum Gasteiger partial charge on any atom is 0.419 e. The van der Waals surface area contributed by atoms with Crippen molar-refractivity contribution in [3.05, 3.63) is 58.7 Å². The lowest BCUT2D eigenvalue weighted by atomic mass is 10.2. The van der Waals surface area contributed by atoms with Crippen LogP contribution in [-0.4, -0.2) is 9.98 Å². The summed E-state index contributed by atoms with van der Waals surface area (Å²) < 4.78 is 41.3. The molecule has 1 rings (SSSR count). The SMILES string of the molecule is C=CS/C(=C\C(C)(Cl)C=C)SNc1ccc(C(F)(F)F)c(O)c1. The largest absolute Gasteiger partial charge is 0.507 e. The number of hydrogen-bond acceptors (Lipinski definition) is 4.